The van der Waals surface area contributed by atoms with Crippen molar-refractivity contribution in [1.82, 2.24) is 4.98 Å². The van der Waals surface area contributed by atoms with E-state index in [0.717, 1.165) is 17.7 Å². The summed E-state index contributed by atoms with van der Waals surface area (Å²) in [6.07, 6.45) is 2.32. The monoisotopic (exact) mass is 233 g/mol. The predicted octanol–water partition coefficient (Wildman–Crippen LogP) is 3.77. The van der Waals surface area contributed by atoms with Crippen molar-refractivity contribution >= 4 is 11.3 Å². The average Bonchev–Trinajstić information content (AvgIpc) is 2.79. The molecule has 1 aromatic heterocycles. The highest BCUT2D eigenvalue weighted by molar-refractivity contribution is 7.11. The third-order valence-electron chi connectivity index (χ3n) is 2.45. The first-order chi connectivity index (χ1) is 7.83. The minimum Gasteiger partial charge on any atom is -0.473 e. The highest BCUT2D eigenvalue weighted by atomic mass is 32.1. The maximum atomic E-state index is 5.09. The molecule has 0 atom stereocenters. The third kappa shape index (κ3) is 2.42. The average molecular weight is 233 g/mol. The first-order valence-electron chi connectivity index (χ1n) is 5.42. The predicted molar refractivity (Wildman–Crippen MR) is 68.1 cm³/mol. The van der Waals surface area contributed by atoms with Gasteiger partial charge in [-0.3, -0.25) is 0 Å². The van der Waals surface area contributed by atoms with E-state index in [0.29, 0.717) is 5.19 Å². The van der Waals surface area contributed by atoms with Crippen molar-refractivity contribution in [3.05, 3.63) is 35.2 Å². The van der Waals surface area contributed by atoms with E-state index in [9.17, 15) is 0 Å². The third-order valence-corrected chi connectivity index (χ3v) is 3.25. The van der Waals surface area contributed by atoms with Crippen LogP contribution >= 0.6 is 11.3 Å². The molecule has 0 N–H and O–H groups in total. The molecule has 0 spiro atoms. The summed E-state index contributed by atoms with van der Waals surface area (Å²) in [7, 11) is 1.65. The Balaban J connectivity index is 2.20. The summed E-state index contributed by atoms with van der Waals surface area (Å²) in [4.78, 5) is 4.37. The molecule has 84 valence electrons. The standard InChI is InChI=1S/C13H15NOS/c1-3-4-10-5-7-11(8-6-10)12-9-16-13(14-12)15-2/h5-9H,3-4H2,1-2H3. The van der Waals surface area contributed by atoms with Crippen LogP contribution in [0.1, 0.15) is 18.9 Å². The van der Waals surface area contributed by atoms with Crippen LogP contribution in [-0.2, 0) is 6.42 Å². The smallest absolute Gasteiger partial charge is 0.273 e. The summed E-state index contributed by atoms with van der Waals surface area (Å²) in [5.41, 5.74) is 3.53. The topological polar surface area (TPSA) is 22.1 Å². The molecule has 0 saturated carbocycles. The molecular formula is C13H15NOS. The van der Waals surface area contributed by atoms with Crippen LogP contribution in [0.3, 0.4) is 0 Å². The molecule has 0 saturated heterocycles. The number of hydrogen-bond donors (Lipinski definition) is 0. The van der Waals surface area contributed by atoms with E-state index in [1.807, 2.05) is 5.38 Å². The van der Waals surface area contributed by atoms with Crippen LogP contribution < -0.4 is 4.74 Å². The van der Waals surface area contributed by atoms with E-state index in [1.165, 1.54) is 23.3 Å². The maximum Gasteiger partial charge on any atom is 0.273 e. The lowest BCUT2D eigenvalue weighted by atomic mass is 10.1. The first kappa shape index (κ1) is 11.1. The van der Waals surface area contributed by atoms with Crippen LogP contribution in [0.2, 0.25) is 0 Å². The maximum absolute atomic E-state index is 5.09. The van der Waals surface area contributed by atoms with Crippen LogP contribution in [0.4, 0.5) is 0 Å². The van der Waals surface area contributed by atoms with Crippen molar-refractivity contribution in [3.63, 3.8) is 0 Å². The van der Waals surface area contributed by atoms with Gasteiger partial charge in [0.1, 0.15) is 0 Å². The zero-order chi connectivity index (χ0) is 11.4. The Hall–Kier alpha value is -1.35. The molecule has 0 aliphatic carbocycles. The van der Waals surface area contributed by atoms with Gasteiger partial charge in [-0.25, -0.2) is 4.98 Å². The largest absolute Gasteiger partial charge is 0.473 e. The van der Waals surface area contributed by atoms with Crippen LogP contribution in [0.5, 0.6) is 5.19 Å². The van der Waals surface area contributed by atoms with Gasteiger partial charge in [0, 0.05) is 10.9 Å². The molecule has 2 rings (SSSR count). The minimum atomic E-state index is 0.715. The summed E-state index contributed by atoms with van der Waals surface area (Å²) in [5.74, 6) is 0. The SMILES string of the molecule is CCCc1ccc(-c2csc(OC)n2)cc1. The van der Waals surface area contributed by atoms with Crippen molar-refractivity contribution < 1.29 is 4.74 Å². The van der Waals surface area contributed by atoms with Gasteiger partial charge >= 0.3 is 0 Å². The van der Waals surface area contributed by atoms with E-state index in [1.54, 1.807) is 7.11 Å². The van der Waals surface area contributed by atoms with E-state index >= 15 is 0 Å². The Bertz CT molecular complexity index is 447. The summed E-state index contributed by atoms with van der Waals surface area (Å²) < 4.78 is 5.09. The molecule has 0 radical (unpaired) electrons. The molecule has 16 heavy (non-hydrogen) atoms. The second-order valence-electron chi connectivity index (χ2n) is 3.65. The van der Waals surface area contributed by atoms with Gasteiger partial charge in [0.15, 0.2) is 0 Å². The Morgan fingerprint density at radius 3 is 2.56 bits per heavy atom. The van der Waals surface area contributed by atoms with E-state index in [2.05, 4.69) is 36.2 Å². The Morgan fingerprint density at radius 2 is 2.00 bits per heavy atom. The lowest BCUT2D eigenvalue weighted by molar-refractivity contribution is 0.412. The number of benzene rings is 1. The quantitative estimate of drug-likeness (QED) is 0.802. The first-order valence-corrected chi connectivity index (χ1v) is 6.30. The molecule has 0 aliphatic rings. The number of nitrogens with zero attached hydrogens (tertiary/aromatic N) is 1. The molecule has 0 aliphatic heterocycles. The second-order valence-corrected chi connectivity index (χ2v) is 4.47. The van der Waals surface area contributed by atoms with Gasteiger partial charge in [-0.1, -0.05) is 48.9 Å². The van der Waals surface area contributed by atoms with Crippen molar-refractivity contribution in [2.24, 2.45) is 0 Å². The molecule has 0 unspecified atom stereocenters. The van der Waals surface area contributed by atoms with Crippen LogP contribution in [-0.4, -0.2) is 12.1 Å². The van der Waals surface area contributed by atoms with Gasteiger partial charge in [-0.05, 0) is 12.0 Å². The van der Waals surface area contributed by atoms with Crippen LogP contribution in [0.25, 0.3) is 11.3 Å². The highest BCUT2D eigenvalue weighted by Gasteiger charge is 2.04. The molecule has 0 amide bonds. The molecule has 0 fully saturated rings. The molecule has 2 aromatic rings. The van der Waals surface area contributed by atoms with Gasteiger partial charge in [-0.2, -0.15) is 0 Å². The molecule has 2 nitrogen and oxygen atoms in total. The lowest BCUT2D eigenvalue weighted by Crippen LogP contribution is -1.84. The molecule has 0 bridgehead atoms. The Morgan fingerprint density at radius 1 is 1.25 bits per heavy atom. The zero-order valence-corrected chi connectivity index (χ0v) is 10.4. The fourth-order valence-corrected chi connectivity index (χ4v) is 2.26. The van der Waals surface area contributed by atoms with Crippen molar-refractivity contribution in [2.45, 2.75) is 19.8 Å². The van der Waals surface area contributed by atoms with Gasteiger partial charge in [-0.15, -0.1) is 0 Å². The number of methoxy groups -OCH3 is 1. The lowest BCUT2D eigenvalue weighted by Gasteiger charge is -2.00. The number of aromatic nitrogens is 1. The van der Waals surface area contributed by atoms with Gasteiger partial charge < -0.3 is 4.74 Å². The highest BCUT2D eigenvalue weighted by Crippen LogP contribution is 2.26. The number of aryl methyl sites for hydroxylation is 1. The van der Waals surface area contributed by atoms with Crippen molar-refractivity contribution in [1.29, 1.82) is 0 Å². The van der Waals surface area contributed by atoms with E-state index in [4.69, 9.17) is 4.74 Å². The Labute approximate surface area is 99.9 Å². The van der Waals surface area contributed by atoms with E-state index < -0.39 is 0 Å². The molecule has 1 heterocycles. The van der Waals surface area contributed by atoms with Crippen molar-refractivity contribution in [3.8, 4) is 16.5 Å². The van der Waals surface area contributed by atoms with Crippen LogP contribution in [0.15, 0.2) is 29.6 Å². The van der Waals surface area contributed by atoms with Gasteiger partial charge in [0.05, 0.1) is 12.8 Å². The number of thiazole rings is 1. The second kappa shape index (κ2) is 5.12. The van der Waals surface area contributed by atoms with Gasteiger partial charge in [0.25, 0.3) is 5.19 Å². The summed E-state index contributed by atoms with van der Waals surface area (Å²) in [5, 5.41) is 2.74. The minimum absolute atomic E-state index is 0.715. The number of hydrogen-bond acceptors (Lipinski definition) is 3. The van der Waals surface area contributed by atoms with Gasteiger partial charge in [0.2, 0.25) is 0 Å². The van der Waals surface area contributed by atoms with Crippen LogP contribution in [0, 0.1) is 0 Å². The summed E-state index contributed by atoms with van der Waals surface area (Å²) in [6, 6.07) is 8.59. The fourth-order valence-electron chi connectivity index (χ4n) is 1.61. The zero-order valence-electron chi connectivity index (χ0n) is 9.56. The summed E-state index contributed by atoms with van der Waals surface area (Å²) in [6.45, 7) is 2.19. The number of rotatable bonds is 4. The molecular weight excluding hydrogens is 218 g/mol. The Kier molecular flexibility index (Phi) is 3.57. The normalized spacial score (nSPS) is 10.4. The van der Waals surface area contributed by atoms with Crippen molar-refractivity contribution in [2.75, 3.05) is 7.11 Å². The summed E-state index contributed by atoms with van der Waals surface area (Å²) >= 11 is 1.53. The number of ether oxygens (including phenoxy) is 1. The molecule has 3 heteroatoms. The van der Waals surface area contributed by atoms with E-state index in [-0.39, 0.29) is 0 Å². The fraction of sp³-hybridized carbons (Fsp3) is 0.308. The molecule has 1 aromatic carbocycles.